The highest BCUT2D eigenvalue weighted by Crippen LogP contribution is 2.22. The van der Waals surface area contributed by atoms with Crippen LogP contribution in [0.25, 0.3) is 0 Å². The Balaban J connectivity index is 2.77. The maximum atomic E-state index is 10.8. The molecule has 0 spiro atoms. The number of halogens is 1. The Bertz CT molecular complexity index is 384. The average Bonchev–Trinajstić information content (AvgIpc) is 2.17. The molecule has 5 heteroatoms. The minimum Gasteiger partial charge on any atom is -0.478 e. The summed E-state index contributed by atoms with van der Waals surface area (Å²) in [7, 11) is 0. The Labute approximate surface area is 108 Å². The number of thioether (sulfide) groups is 1. The van der Waals surface area contributed by atoms with Crippen molar-refractivity contribution < 1.29 is 9.90 Å². The third-order valence-electron chi connectivity index (χ3n) is 2.03. The van der Waals surface area contributed by atoms with Gasteiger partial charge in [0.2, 0.25) is 0 Å². The van der Waals surface area contributed by atoms with Crippen molar-refractivity contribution in [2.75, 3.05) is 17.3 Å². The molecule has 0 heterocycles. The van der Waals surface area contributed by atoms with E-state index in [1.54, 1.807) is 30.0 Å². The molecule has 0 bridgehead atoms. The van der Waals surface area contributed by atoms with Gasteiger partial charge in [0.1, 0.15) is 0 Å². The molecule has 16 heavy (non-hydrogen) atoms. The lowest BCUT2D eigenvalue weighted by Gasteiger charge is -2.14. The van der Waals surface area contributed by atoms with Crippen LogP contribution in [0.4, 0.5) is 5.69 Å². The van der Waals surface area contributed by atoms with Crippen LogP contribution < -0.4 is 5.32 Å². The van der Waals surface area contributed by atoms with E-state index in [4.69, 9.17) is 5.11 Å². The van der Waals surface area contributed by atoms with Crippen molar-refractivity contribution in [1.82, 2.24) is 0 Å². The minimum atomic E-state index is -0.921. The van der Waals surface area contributed by atoms with Crippen LogP contribution >= 0.6 is 27.7 Å². The van der Waals surface area contributed by atoms with Gasteiger partial charge in [-0.2, -0.15) is 11.8 Å². The van der Waals surface area contributed by atoms with Gasteiger partial charge in [0.15, 0.2) is 0 Å². The third kappa shape index (κ3) is 3.72. The summed E-state index contributed by atoms with van der Waals surface area (Å²) in [5.41, 5.74) is 1.21. The molecule has 1 rings (SSSR count). The monoisotopic (exact) mass is 303 g/mol. The lowest BCUT2D eigenvalue weighted by atomic mass is 10.2. The molecule has 0 aliphatic heterocycles. The van der Waals surface area contributed by atoms with Crippen LogP contribution in [-0.2, 0) is 0 Å². The fourth-order valence-electron chi connectivity index (χ4n) is 1.35. The summed E-state index contributed by atoms with van der Waals surface area (Å²) in [6.45, 7) is 2.09. The molecule has 0 aliphatic rings. The Hall–Kier alpha value is -0.680. The molecule has 0 aromatic heterocycles. The molecular weight excluding hydrogens is 290 g/mol. The van der Waals surface area contributed by atoms with Crippen LogP contribution in [0.15, 0.2) is 22.7 Å². The summed E-state index contributed by atoms with van der Waals surface area (Å²) in [4.78, 5) is 10.8. The largest absolute Gasteiger partial charge is 0.478 e. The molecule has 88 valence electrons. The molecule has 0 amide bonds. The zero-order chi connectivity index (χ0) is 12.1. The third-order valence-corrected chi connectivity index (χ3v) is 3.52. The normalized spacial score (nSPS) is 12.2. The van der Waals surface area contributed by atoms with Gasteiger partial charge in [-0.1, -0.05) is 0 Å². The van der Waals surface area contributed by atoms with Gasteiger partial charge in [-0.3, -0.25) is 0 Å². The second-order valence-electron chi connectivity index (χ2n) is 3.50. The predicted octanol–water partition coefficient (Wildman–Crippen LogP) is 3.31. The van der Waals surface area contributed by atoms with E-state index in [1.165, 1.54) is 0 Å². The van der Waals surface area contributed by atoms with Gasteiger partial charge < -0.3 is 10.4 Å². The van der Waals surface area contributed by atoms with Gasteiger partial charge >= 0.3 is 5.97 Å². The molecule has 0 saturated heterocycles. The highest BCUT2D eigenvalue weighted by Gasteiger charge is 2.09. The van der Waals surface area contributed by atoms with Crippen LogP contribution in [-0.4, -0.2) is 29.1 Å². The SMILES string of the molecule is CSCC(C)Nc1ccc(C(=O)O)c(Br)c1. The fraction of sp³-hybridized carbons (Fsp3) is 0.364. The number of hydrogen-bond acceptors (Lipinski definition) is 3. The molecule has 0 aliphatic carbocycles. The number of hydrogen-bond donors (Lipinski definition) is 2. The molecule has 1 aromatic carbocycles. The van der Waals surface area contributed by atoms with Crippen molar-refractivity contribution >= 4 is 39.3 Å². The van der Waals surface area contributed by atoms with Crippen LogP contribution in [0.1, 0.15) is 17.3 Å². The van der Waals surface area contributed by atoms with Crippen LogP contribution in [0.2, 0.25) is 0 Å². The lowest BCUT2D eigenvalue weighted by molar-refractivity contribution is 0.0696. The molecule has 2 N–H and O–H groups in total. The van der Waals surface area contributed by atoms with E-state index in [-0.39, 0.29) is 5.56 Å². The fourth-order valence-corrected chi connectivity index (χ4v) is 2.49. The molecule has 3 nitrogen and oxygen atoms in total. The predicted molar refractivity (Wildman–Crippen MR) is 72.6 cm³/mol. The van der Waals surface area contributed by atoms with E-state index in [1.807, 2.05) is 0 Å². The van der Waals surface area contributed by atoms with Gasteiger partial charge in [-0.15, -0.1) is 0 Å². The number of anilines is 1. The number of aromatic carboxylic acids is 1. The van der Waals surface area contributed by atoms with E-state index < -0.39 is 5.97 Å². The number of carbonyl (C=O) groups is 1. The smallest absolute Gasteiger partial charge is 0.336 e. The maximum Gasteiger partial charge on any atom is 0.336 e. The van der Waals surface area contributed by atoms with E-state index >= 15 is 0 Å². The van der Waals surface area contributed by atoms with Crippen LogP contribution in [0, 0.1) is 0 Å². The second kappa shape index (κ2) is 6.15. The molecule has 0 radical (unpaired) electrons. The first-order valence-corrected chi connectivity index (χ1v) is 7.01. The molecule has 0 saturated carbocycles. The van der Waals surface area contributed by atoms with E-state index in [9.17, 15) is 4.79 Å². The number of nitrogens with one attached hydrogen (secondary N) is 1. The highest BCUT2D eigenvalue weighted by molar-refractivity contribution is 9.10. The van der Waals surface area contributed by atoms with Crippen molar-refractivity contribution in [2.24, 2.45) is 0 Å². The molecule has 1 atom stereocenters. The van der Waals surface area contributed by atoms with Crippen molar-refractivity contribution in [3.63, 3.8) is 0 Å². The first-order valence-electron chi connectivity index (χ1n) is 4.83. The van der Waals surface area contributed by atoms with Crippen molar-refractivity contribution in [3.05, 3.63) is 28.2 Å². The summed E-state index contributed by atoms with van der Waals surface area (Å²) in [6, 6.07) is 5.53. The Morgan fingerprint density at radius 2 is 2.31 bits per heavy atom. The van der Waals surface area contributed by atoms with Gasteiger partial charge in [-0.25, -0.2) is 4.79 Å². The standard InChI is InChI=1S/C11H14BrNO2S/c1-7(6-16-2)13-8-3-4-9(11(14)15)10(12)5-8/h3-5,7,13H,6H2,1-2H3,(H,14,15). The second-order valence-corrected chi connectivity index (χ2v) is 5.27. The minimum absolute atomic E-state index is 0.281. The summed E-state index contributed by atoms with van der Waals surface area (Å²) in [5, 5.41) is 12.2. The summed E-state index contributed by atoms with van der Waals surface area (Å²) in [6.07, 6.45) is 2.06. The van der Waals surface area contributed by atoms with Crippen LogP contribution in [0.3, 0.4) is 0 Å². The number of carboxylic acids is 1. The average molecular weight is 304 g/mol. The van der Waals surface area contributed by atoms with Crippen molar-refractivity contribution in [1.29, 1.82) is 0 Å². The van der Waals surface area contributed by atoms with Gasteiger partial charge in [0, 0.05) is 22.0 Å². The molecule has 1 unspecified atom stereocenters. The number of benzene rings is 1. The number of carboxylic acid groups (broad SMARTS) is 1. The number of rotatable bonds is 5. The quantitative estimate of drug-likeness (QED) is 0.876. The highest BCUT2D eigenvalue weighted by atomic mass is 79.9. The molecular formula is C11H14BrNO2S. The molecule has 1 aromatic rings. The Kier molecular flexibility index (Phi) is 5.15. The van der Waals surface area contributed by atoms with Gasteiger partial charge in [0.25, 0.3) is 0 Å². The van der Waals surface area contributed by atoms with Gasteiger partial charge in [-0.05, 0) is 47.3 Å². The topological polar surface area (TPSA) is 49.3 Å². The lowest BCUT2D eigenvalue weighted by Crippen LogP contribution is -2.17. The van der Waals surface area contributed by atoms with Crippen molar-refractivity contribution in [2.45, 2.75) is 13.0 Å². The first-order chi connectivity index (χ1) is 7.54. The maximum absolute atomic E-state index is 10.8. The summed E-state index contributed by atoms with van der Waals surface area (Å²) < 4.78 is 0.598. The summed E-state index contributed by atoms with van der Waals surface area (Å²) in [5.74, 6) is 0.0915. The zero-order valence-electron chi connectivity index (χ0n) is 9.16. The molecule has 0 fully saturated rings. The van der Waals surface area contributed by atoms with E-state index in [0.29, 0.717) is 10.5 Å². The van der Waals surface area contributed by atoms with E-state index in [2.05, 4.69) is 34.4 Å². The summed E-state index contributed by atoms with van der Waals surface area (Å²) >= 11 is 5.02. The van der Waals surface area contributed by atoms with Crippen molar-refractivity contribution in [3.8, 4) is 0 Å². The Morgan fingerprint density at radius 3 is 2.81 bits per heavy atom. The van der Waals surface area contributed by atoms with E-state index in [0.717, 1.165) is 11.4 Å². The van der Waals surface area contributed by atoms with Crippen LogP contribution in [0.5, 0.6) is 0 Å². The zero-order valence-corrected chi connectivity index (χ0v) is 11.6. The van der Waals surface area contributed by atoms with Gasteiger partial charge in [0.05, 0.1) is 5.56 Å². The first kappa shape index (κ1) is 13.4. The Morgan fingerprint density at radius 1 is 1.62 bits per heavy atom.